The summed E-state index contributed by atoms with van der Waals surface area (Å²) in [5.41, 5.74) is 2.79. The Morgan fingerprint density at radius 3 is 2.62 bits per heavy atom. The highest BCUT2D eigenvalue weighted by Crippen LogP contribution is 2.18. The molecule has 0 amide bonds. The van der Waals surface area contributed by atoms with Gasteiger partial charge in [-0.3, -0.25) is 0 Å². The minimum Gasteiger partial charge on any atom is -0.387 e. The van der Waals surface area contributed by atoms with Gasteiger partial charge in [-0.15, -0.1) is 0 Å². The monoisotopic (exact) mass is 325 g/mol. The number of nitrogens with one attached hydrogen (secondary N) is 1. The van der Waals surface area contributed by atoms with Crippen molar-refractivity contribution in [3.63, 3.8) is 0 Å². The molecule has 0 saturated heterocycles. The number of aliphatic hydroxyl groups excluding tert-OH is 1. The van der Waals surface area contributed by atoms with E-state index in [0.717, 1.165) is 11.3 Å². The second-order valence-electron chi connectivity index (χ2n) is 5.74. The fraction of sp³-hybridized carbons (Fsp3) is 0.211. The maximum Gasteiger partial charge on any atom is 0.123 e. The molecule has 0 radical (unpaired) electrons. The molecule has 3 rings (SSSR count). The molecule has 4 nitrogen and oxygen atoms in total. The minimum atomic E-state index is -0.678. The molecule has 0 bridgehead atoms. The van der Waals surface area contributed by atoms with Crippen molar-refractivity contribution in [2.45, 2.75) is 19.1 Å². The van der Waals surface area contributed by atoms with Crippen molar-refractivity contribution >= 4 is 0 Å². The lowest BCUT2D eigenvalue weighted by atomic mass is 10.1. The molecule has 2 aromatic carbocycles. The van der Waals surface area contributed by atoms with Crippen LogP contribution in [0, 0.1) is 5.82 Å². The van der Waals surface area contributed by atoms with Crippen LogP contribution in [-0.2, 0) is 0 Å². The van der Waals surface area contributed by atoms with E-state index in [1.54, 1.807) is 18.3 Å². The van der Waals surface area contributed by atoms with Crippen LogP contribution in [0.15, 0.2) is 67.0 Å². The first-order chi connectivity index (χ1) is 11.6. The van der Waals surface area contributed by atoms with E-state index in [-0.39, 0.29) is 11.9 Å². The Morgan fingerprint density at radius 1 is 1.12 bits per heavy atom. The van der Waals surface area contributed by atoms with Crippen LogP contribution < -0.4 is 5.32 Å². The van der Waals surface area contributed by atoms with E-state index in [2.05, 4.69) is 16.5 Å². The molecule has 0 aliphatic rings. The summed E-state index contributed by atoms with van der Waals surface area (Å²) in [4.78, 5) is 0. The van der Waals surface area contributed by atoms with E-state index >= 15 is 0 Å². The van der Waals surface area contributed by atoms with Crippen LogP contribution in [0.1, 0.15) is 30.2 Å². The lowest BCUT2D eigenvalue weighted by molar-refractivity contribution is 0.170. The first kappa shape index (κ1) is 16.4. The Labute approximate surface area is 140 Å². The van der Waals surface area contributed by atoms with E-state index in [0.29, 0.717) is 12.1 Å². The average molecular weight is 325 g/mol. The predicted octanol–water partition coefficient (Wildman–Crippen LogP) is 3.40. The lowest BCUT2D eigenvalue weighted by Gasteiger charge is -2.18. The molecule has 124 valence electrons. The molecule has 24 heavy (non-hydrogen) atoms. The molecule has 2 N–H and O–H groups in total. The van der Waals surface area contributed by atoms with Gasteiger partial charge in [0.2, 0.25) is 0 Å². The summed E-state index contributed by atoms with van der Waals surface area (Å²) in [6, 6.07) is 15.9. The highest BCUT2D eigenvalue weighted by Gasteiger charge is 2.11. The zero-order valence-corrected chi connectivity index (χ0v) is 13.4. The van der Waals surface area contributed by atoms with Gasteiger partial charge in [0.15, 0.2) is 0 Å². The van der Waals surface area contributed by atoms with Crippen LogP contribution in [0.4, 0.5) is 4.39 Å². The lowest BCUT2D eigenvalue weighted by Crippen LogP contribution is -2.24. The summed E-state index contributed by atoms with van der Waals surface area (Å²) in [6.07, 6.45) is 2.96. The van der Waals surface area contributed by atoms with E-state index in [9.17, 15) is 9.50 Å². The van der Waals surface area contributed by atoms with Crippen LogP contribution in [0.5, 0.6) is 0 Å². The molecule has 0 aliphatic carbocycles. The number of benzene rings is 2. The molecule has 5 heteroatoms. The van der Waals surface area contributed by atoms with Gasteiger partial charge in [0, 0.05) is 25.0 Å². The zero-order valence-electron chi connectivity index (χ0n) is 13.4. The van der Waals surface area contributed by atoms with Gasteiger partial charge in [0.05, 0.1) is 11.8 Å². The van der Waals surface area contributed by atoms with Crippen molar-refractivity contribution < 1.29 is 9.50 Å². The van der Waals surface area contributed by atoms with Crippen LogP contribution >= 0.6 is 0 Å². The van der Waals surface area contributed by atoms with E-state index in [1.165, 1.54) is 12.1 Å². The number of hydrogen-bond donors (Lipinski definition) is 2. The van der Waals surface area contributed by atoms with Gasteiger partial charge in [-0.1, -0.05) is 24.3 Å². The molecule has 0 spiro atoms. The van der Waals surface area contributed by atoms with E-state index < -0.39 is 6.10 Å². The first-order valence-corrected chi connectivity index (χ1v) is 7.90. The summed E-state index contributed by atoms with van der Waals surface area (Å²) in [7, 11) is 0. The topological polar surface area (TPSA) is 50.1 Å². The second-order valence-corrected chi connectivity index (χ2v) is 5.74. The van der Waals surface area contributed by atoms with Crippen molar-refractivity contribution in [2.24, 2.45) is 0 Å². The van der Waals surface area contributed by atoms with Gasteiger partial charge in [-0.25, -0.2) is 9.07 Å². The molecule has 1 aromatic heterocycles. The van der Waals surface area contributed by atoms with Gasteiger partial charge in [0.1, 0.15) is 5.82 Å². The Hall–Kier alpha value is -2.50. The molecular formula is C19H20FN3O. The number of hydrogen-bond acceptors (Lipinski definition) is 3. The van der Waals surface area contributed by atoms with Crippen molar-refractivity contribution in [2.75, 3.05) is 6.54 Å². The standard InChI is InChI=1S/C19H20FN3O/c1-14(21-13-19(24)15-6-8-17(20)9-7-15)16-4-2-5-18(12-16)23-11-3-10-22-23/h2-12,14,19,21,24H,13H2,1H3. The fourth-order valence-electron chi connectivity index (χ4n) is 2.57. The number of rotatable bonds is 6. The maximum absolute atomic E-state index is 12.9. The molecule has 0 fully saturated rings. The van der Waals surface area contributed by atoms with Crippen molar-refractivity contribution in [3.8, 4) is 5.69 Å². The second kappa shape index (κ2) is 7.38. The number of nitrogens with zero attached hydrogens (tertiary/aromatic N) is 2. The SMILES string of the molecule is CC(NCC(O)c1ccc(F)cc1)c1cccc(-n2cccn2)c1. The molecule has 1 heterocycles. The average Bonchev–Trinajstić information content (AvgIpc) is 3.15. The Bertz CT molecular complexity index is 772. The van der Waals surface area contributed by atoms with Gasteiger partial charge >= 0.3 is 0 Å². The molecule has 0 aliphatic heterocycles. The quantitative estimate of drug-likeness (QED) is 0.730. The normalized spacial score (nSPS) is 13.6. The van der Waals surface area contributed by atoms with Gasteiger partial charge in [0.25, 0.3) is 0 Å². The number of aliphatic hydroxyl groups is 1. The van der Waals surface area contributed by atoms with Crippen LogP contribution in [0.3, 0.4) is 0 Å². The van der Waals surface area contributed by atoms with Crippen LogP contribution in [-0.4, -0.2) is 21.4 Å². The highest BCUT2D eigenvalue weighted by atomic mass is 19.1. The summed E-state index contributed by atoms with van der Waals surface area (Å²) in [5, 5.41) is 17.8. The minimum absolute atomic E-state index is 0.0654. The zero-order chi connectivity index (χ0) is 16.9. The van der Waals surface area contributed by atoms with Gasteiger partial charge in [-0.05, 0) is 48.4 Å². The molecule has 2 unspecified atom stereocenters. The third kappa shape index (κ3) is 3.88. The largest absolute Gasteiger partial charge is 0.387 e. The first-order valence-electron chi connectivity index (χ1n) is 7.90. The van der Waals surface area contributed by atoms with E-state index in [4.69, 9.17) is 0 Å². The van der Waals surface area contributed by atoms with Crippen LogP contribution in [0.2, 0.25) is 0 Å². The summed E-state index contributed by atoms with van der Waals surface area (Å²) in [5.74, 6) is -0.303. The highest BCUT2D eigenvalue weighted by molar-refractivity contribution is 5.36. The fourth-order valence-corrected chi connectivity index (χ4v) is 2.57. The molecule has 2 atom stereocenters. The van der Waals surface area contributed by atoms with Crippen molar-refractivity contribution in [1.29, 1.82) is 0 Å². The maximum atomic E-state index is 12.9. The molecule has 3 aromatic rings. The number of halogens is 1. The van der Waals surface area contributed by atoms with Crippen LogP contribution in [0.25, 0.3) is 5.69 Å². The summed E-state index contributed by atoms with van der Waals surface area (Å²) < 4.78 is 14.7. The smallest absolute Gasteiger partial charge is 0.123 e. The molecule has 0 saturated carbocycles. The van der Waals surface area contributed by atoms with Crippen molar-refractivity contribution in [1.82, 2.24) is 15.1 Å². The van der Waals surface area contributed by atoms with Gasteiger partial charge in [-0.2, -0.15) is 5.10 Å². The van der Waals surface area contributed by atoms with E-state index in [1.807, 2.05) is 42.1 Å². The Balaban J connectivity index is 1.63. The molecular weight excluding hydrogens is 305 g/mol. The van der Waals surface area contributed by atoms with Crippen molar-refractivity contribution in [3.05, 3.63) is 83.9 Å². The number of aromatic nitrogens is 2. The van der Waals surface area contributed by atoms with Gasteiger partial charge < -0.3 is 10.4 Å². The Morgan fingerprint density at radius 2 is 1.92 bits per heavy atom. The third-order valence-electron chi connectivity index (χ3n) is 4.01. The summed E-state index contributed by atoms with van der Waals surface area (Å²) >= 11 is 0. The third-order valence-corrected chi connectivity index (χ3v) is 4.01. The summed E-state index contributed by atoms with van der Waals surface area (Å²) in [6.45, 7) is 2.43. The Kier molecular flexibility index (Phi) is 5.03. The predicted molar refractivity (Wildman–Crippen MR) is 91.3 cm³/mol.